The highest BCUT2D eigenvalue weighted by Crippen LogP contribution is 2.43. The van der Waals surface area contributed by atoms with Gasteiger partial charge in [0.1, 0.15) is 49.1 Å². The van der Waals surface area contributed by atoms with Gasteiger partial charge in [-0.1, -0.05) is 47.2 Å². The number of benzene rings is 6. The van der Waals surface area contributed by atoms with Crippen LogP contribution in [-0.2, 0) is 115 Å². The number of sulfone groups is 1. The van der Waals surface area contributed by atoms with Crippen molar-refractivity contribution in [1.29, 1.82) is 0 Å². The minimum atomic E-state index is -5.32. The number of imidazole rings is 2. The molecule has 2 amide bonds. The van der Waals surface area contributed by atoms with Crippen LogP contribution in [0.25, 0.3) is 0 Å². The number of Topliss-reactive ketones (excluding diaryl/α,β-unsaturated/α-hetero) is 3. The molecule has 37 nitrogen and oxygen atoms in total. The number of nitrogens with zero attached hydrogens (tertiary/aromatic N) is 11. The van der Waals surface area contributed by atoms with Crippen molar-refractivity contribution in [3.8, 4) is 40.2 Å². The van der Waals surface area contributed by atoms with Crippen molar-refractivity contribution >= 4 is 73.2 Å². The number of aromatic nitrogens is 7. The van der Waals surface area contributed by atoms with Crippen molar-refractivity contribution < 1.29 is 122 Å². The normalized spacial score (nSPS) is 18.3. The largest absolute Gasteiger partial charge is 0.501 e. The SMILES string of the molecule is COc1cc2c(cc1OCc1cc(COc3cc4c(cc3OC)C(=O)N3Cc5ncn(C)c5C[C@H]3C=N4)cc(OS(=O)(=O)Oc3cc(C(=O)CCCOCCOCCOCCn4cc(COCCOCCCC(=O)c5ccc(C(=O)CCS(=O)(=O)c6ccc(C)cc6)cc5)nn4)ccc3OC3O[C@H](CO)[C@H](O)[C@H](O)[C@H]3O)c1)N=C[C@@H]1Cc3c(ncn3C)CN1C2=O. The zero-order valence-corrected chi connectivity index (χ0v) is 71.4. The number of methoxy groups -OCH3 is 2. The second-order valence-corrected chi connectivity index (χ2v) is 33.8. The van der Waals surface area contributed by atoms with Gasteiger partial charge in [0.15, 0.2) is 61.7 Å². The first-order valence-electron chi connectivity index (χ1n) is 40.8. The van der Waals surface area contributed by atoms with E-state index in [0.717, 1.165) is 40.5 Å². The second kappa shape index (κ2) is 41.1. The summed E-state index contributed by atoms with van der Waals surface area (Å²) in [5.41, 5.74) is 7.50. The summed E-state index contributed by atoms with van der Waals surface area (Å²) in [6.07, 6.45) is 1.31. The summed E-state index contributed by atoms with van der Waals surface area (Å²) in [5, 5.41) is 50.6. The number of ether oxygens (including phenoxy) is 11. The molecule has 1 unspecified atom stereocenters. The van der Waals surface area contributed by atoms with E-state index in [9.17, 15) is 61.2 Å². The maximum atomic E-state index is 14.6. The minimum absolute atomic E-state index is 0.0600. The first-order chi connectivity index (χ1) is 60.8. The lowest BCUT2D eigenvalue weighted by Gasteiger charge is -2.39. The van der Waals surface area contributed by atoms with E-state index >= 15 is 0 Å². The first-order valence-corrected chi connectivity index (χ1v) is 43.8. The van der Waals surface area contributed by atoms with Crippen molar-refractivity contribution in [3.63, 3.8) is 0 Å². The smallest absolute Gasteiger partial charge is 0.493 e. The van der Waals surface area contributed by atoms with Gasteiger partial charge in [0.2, 0.25) is 6.29 Å². The van der Waals surface area contributed by atoms with Gasteiger partial charge in [-0.3, -0.25) is 34.0 Å². The Labute approximate surface area is 725 Å². The zero-order valence-electron chi connectivity index (χ0n) is 69.8. The molecule has 1 saturated heterocycles. The third-order valence-electron chi connectivity index (χ3n) is 21.7. The van der Waals surface area contributed by atoms with Crippen molar-refractivity contribution in [1.82, 2.24) is 43.9 Å². The number of ketones is 3. The van der Waals surface area contributed by atoms with Crippen molar-refractivity contribution in [2.24, 2.45) is 24.1 Å². The van der Waals surface area contributed by atoms with Gasteiger partial charge in [0, 0.05) is 112 Å². The minimum Gasteiger partial charge on any atom is -0.493 e. The number of carbonyl (C=O) groups excluding carboxylic acids is 5. The lowest BCUT2D eigenvalue weighted by molar-refractivity contribution is -0.277. The van der Waals surface area contributed by atoms with Crippen LogP contribution in [0.5, 0.6) is 40.2 Å². The van der Waals surface area contributed by atoms with Gasteiger partial charge in [-0.2, -0.15) is 0 Å². The summed E-state index contributed by atoms with van der Waals surface area (Å²) < 4.78 is 136. The molecular weight excluding hydrogens is 1680 g/mol. The van der Waals surface area contributed by atoms with E-state index in [1.807, 2.05) is 30.2 Å². The highest BCUT2D eigenvalue weighted by Gasteiger charge is 2.46. The van der Waals surface area contributed by atoms with E-state index < -0.39 is 74.8 Å². The van der Waals surface area contributed by atoms with Gasteiger partial charge < -0.3 is 99.8 Å². The third kappa shape index (κ3) is 22.2. The molecule has 126 heavy (non-hydrogen) atoms. The monoisotopic (exact) mass is 1780 g/mol. The second-order valence-electron chi connectivity index (χ2n) is 30.5. The van der Waals surface area contributed by atoms with Crippen LogP contribution in [0.4, 0.5) is 11.4 Å². The lowest BCUT2D eigenvalue weighted by atomic mass is 9.99. The molecule has 39 heteroatoms. The van der Waals surface area contributed by atoms with E-state index in [1.165, 1.54) is 68.8 Å². The molecule has 0 bridgehead atoms. The molecule has 3 aromatic heterocycles. The maximum absolute atomic E-state index is 14.6. The standard InChI is InChI=1S/C87H97N11O26S2/c1-53-10-17-63(18-11-53)125(108,109)31-20-74(102)57-14-12-56(13-15-57)72(100)8-6-22-115-29-30-118-50-59-44-96(93-92-59)21-24-116-26-28-117-27-25-114-23-7-9-73(101)58-16-19-75(121-87-84(105)83(104)82(103)81(47-99)122-87)80(35-58)124-126(110,111)123-62-33-54(48-119-78-40-66-64(38-76(78)112-4)85(106)97-45-68-70(94(2)51-90-68)36-60(97)42-88-66)32-55(34-62)49-120-79-41-67-65(39-77(79)113-5)86(107)98-46-69-71(95(3)52-91-69)37-61(98)43-89-67/h10-19,32-35,38-44,51-52,60-61,81-84,87,99,103-105H,6-9,20-31,36-37,45-50H2,1-5H3/t60-,61-,81+,82-,83-,84+,87?/m0/s1. The van der Waals surface area contributed by atoms with Gasteiger partial charge in [0.25, 0.3) is 11.8 Å². The molecule has 0 spiro atoms. The number of fused-ring (bicyclic) bond motifs is 6. The Bertz CT molecular complexity index is 5560. The number of amides is 2. The number of aryl methyl sites for hydroxylation is 3. The van der Waals surface area contributed by atoms with Crippen LogP contribution >= 0.6 is 0 Å². The predicted octanol–water partition coefficient (Wildman–Crippen LogP) is 6.63. The molecule has 4 N–H and O–H groups in total. The molecule has 9 aromatic rings. The summed E-state index contributed by atoms with van der Waals surface area (Å²) in [6, 6.07) is 26.0. The molecule has 5 aliphatic rings. The third-order valence-corrected chi connectivity index (χ3v) is 24.2. The van der Waals surface area contributed by atoms with Gasteiger partial charge in [-0.25, -0.2) is 23.1 Å². The molecule has 7 atom stereocenters. The van der Waals surface area contributed by atoms with Crippen LogP contribution in [0.15, 0.2) is 143 Å². The molecule has 0 saturated carbocycles. The van der Waals surface area contributed by atoms with Crippen molar-refractivity contribution in [2.75, 3.05) is 86.0 Å². The number of aliphatic hydroxyl groups is 4. The Morgan fingerprint density at radius 1 is 0.540 bits per heavy atom. The zero-order chi connectivity index (χ0) is 88.8. The summed E-state index contributed by atoms with van der Waals surface area (Å²) >= 11 is 0. The maximum Gasteiger partial charge on any atom is 0.501 e. The highest BCUT2D eigenvalue weighted by atomic mass is 32.3. The van der Waals surface area contributed by atoms with Crippen LogP contribution in [-0.4, -0.2) is 252 Å². The van der Waals surface area contributed by atoms with Crippen LogP contribution in [0, 0.1) is 6.92 Å². The average molecular weight is 1780 g/mol. The average Bonchev–Trinajstić information content (AvgIpc) is 1.58. The van der Waals surface area contributed by atoms with Crippen molar-refractivity contribution in [2.45, 2.75) is 139 Å². The van der Waals surface area contributed by atoms with Gasteiger partial charge >= 0.3 is 10.4 Å². The highest BCUT2D eigenvalue weighted by molar-refractivity contribution is 7.91. The molecular formula is C87H97N11O26S2. The van der Waals surface area contributed by atoms with Gasteiger partial charge in [0.05, 0.1) is 169 Å². The summed E-state index contributed by atoms with van der Waals surface area (Å²) in [5.74, 6) is -2.60. The van der Waals surface area contributed by atoms with E-state index in [0.29, 0.717) is 85.0 Å². The van der Waals surface area contributed by atoms with Crippen LogP contribution in [0.2, 0.25) is 0 Å². The van der Waals surface area contributed by atoms with Gasteiger partial charge in [-0.15, -0.1) is 13.5 Å². The molecule has 6 aromatic carbocycles. The molecule has 14 rings (SSSR count). The Morgan fingerprint density at radius 2 is 1.06 bits per heavy atom. The number of hydrogen-bond acceptors (Lipinski definition) is 32. The summed E-state index contributed by atoms with van der Waals surface area (Å²) in [6.45, 7) is 3.88. The van der Waals surface area contributed by atoms with Crippen LogP contribution in [0.1, 0.15) is 129 Å². The molecule has 0 aliphatic carbocycles. The Morgan fingerprint density at radius 3 is 1.60 bits per heavy atom. The Kier molecular flexibility index (Phi) is 29.6. The van der Waals surface area contributed by atoms with E-state index in [1.54, 1.807) is 88.2 Å². The topological polar surface area (TPSA) is 452 Å². The molecule has 5 aliphatic heterocycles. The number of rotatable bonds is 44. The fraction of sp³-hybridized carbons (Fsp3) is 0.414. The quantitative estimate of drug-likeness (QED) is 0.0230. The number of hydrogen-bond donors (Lipinski definition) is 4. The Balaban J connectivity index is 0.553. The van der Waals surface area contributed by atoms with Crippen LogP contribution in [0.3, 0.4) is 0 Å². The molecule has 0 radical (unpaired) electrons. The molecule has 8 heterocycles. The lowest BCUT2D eigenvalue weighted by Crippen LogP contribution is -2.60. The van der Waals surface area contributed by atoms with Gasteiger partial charge in [-0.05, 0) is 91.6 Å². The Hall–Kier alpha value is -11.7. The first kappa shape index (κ1) is 90.5. The van der Waals surface area contributed by atoms with E-state index in [-0.39, 0.29) is 190 Å². The fourth-order valence-electron chi connectivity index (χ4n) is 14.8. The number of carbonyl (C=O) groups is 5. The van der Waals surface area contributed by atoms with Crippen LogP contribution < -0.4 is 32.1 Å². The molecule has 1 fully saturated rings. The number of aliphatic imine (C=N–C) groups is 2. The van der Waals surface area contributed by atoms with Crippen molar-refractivity contribution in [3.05, 3.63) is 201 Å². The number of aliphatic hydroxyl groups excluding tert-OH is 4. The van der Waals surface area contributed by atoms with E-state index in [4.69, 9.17) is 70.5 Å². The molecule has 668 valence electrons. The fourth-order valence-corrected chi connectivity index (χ4v) is 16.8. The van der Waals surface area contributed by atoms with E-state index in [2.05, 4.69) is 20.3 Å². The summed E-state index contributed by atoms with van der Waals surface area (Å²) in [7, 11) is -2.32. The summed E-state index contributed by atoms with van der Waals surface area (Å²) in [4.78, 5) is 90.2. The predicted molar refractivity (Wildman–Crippen MR) is 448 cm³/mol.